The third-order valence-electron chi connectivity index (χ3n) is 5.92. The standard InChI is InChI=1S/C24H26N4O4/c1-16-4-2-7-20-22(16)25-15-28(24(20)32)13-21(30)26-19-6-3-5-18(12-19)23(31)27-10-8-17(14-29)9-11-27/h2-7,12,15,17,29H,8-11,13-14H2,1H3,(H,26,30). The number of carbonyl (C=O) groups is 2. The van der Waals surface area contributed by atoms with Crippen LogP contribution in [0.2, 0.25) is 0 Å². The minimum Gasteiger partial charge on any atom is -0.396 e. The molecule has 1 fully saturated rings. The molecule has 0 aliphatic carbocycles. The summed E-state index contributed by atoms with van der Waals surface area (Å²) in [5.74, 6) is -0.223. The van der Waals surface area contributed by atoms with E-state index in [4.69, 9.17) is 0 Å². The van der Waals surface area contributed by atoms with E-state index < -0.39 is 0 Å². The van der Waals surface area contributed by atoms with Gasteiger partial charge < -0.3 is 15.3 Å². The van der Waals surface area contributed by atoms with Gasteiger partial charge >= 0.3 is 0 Å². The van der Waals surface area contributed by atoms with Gasteiger partial charge in [0.1, 0.15) is 6.54 Å². The second-order valence-electron chi connectivity index (χ2n) is 8.20. The molecule has 1 aliphatic heterocycles. The van der Waals surface area contributed by atoms with Crippen molar-refractivity contribution in [3.8, 4) is 0 Å². The molecule has 1 saturated heterocycles. The van der Waals surface area contributed by atoms with Crippen molar-refractivity contribution in [1.82, 2.24) is 14.5 Å². The highest BCUT2D eigenvalue weighted by molar-refractivity contribution is 5.97. The van der Waals surface area contributed by atoms with Crippen LogP contribution in [0.15, 0.2) is 53.6 Å². The van der Waals surface area contributed by atoms with Gasteiger partial charge in [0.2, 0.25) is 5.91 Å². The minimum absolute atomic E-state index is 0.0946. The second kappa shape index (κ2) is 9.32. The smallest absolute Gasteiger partial charge is 0.261 e. The van der Waals surface area contributed by atoms with Gasteiger partial charge in [-0.05, 0) is 55.5 Å². The summed E-state index contributed by atoms with van der Waals surface area (Å²) in [5, 5.41) is 12.5. The number of anilines is 1. The maximum absolute atomic E-state index is 12.8. The Hall–Kier alpha value is -3.52. The quantitative estimate of drug-likeness (QED) is 0.641. The van der Waals surface area contributed by atoms with Gasteiger partial charge in [-0.3, -0.25) is 19.0 Å². The summed E-state index contributed by atoms with van der Waals surface area (Å²) in [5.41, 5.74) is 2.24. The number of para-hydroxylation sites is 1. The van der Waals surface area contributed by atoms with Crippen molar-refractivity contribution in [3.63, 3.8) is 0 Å². The molecule has 32 heavy (non-hydrogen) atoms. The molecule has 0 unspecified atom stereocenters. The van der Waals surface area contributed by atoms with E-state index in [1.807, 2.05) is 13.0 Å². The van der Waals surface area contributed by atoms with Crippen LogP contribution in [0.1, 0.15) is 28.8 Å². The lowest BCUT2D eigenvalue weighted by molar-refractivity contribution is -0.116. The van der Waals surface area contributed by atoms with Crippen LogP contribution >= 0.6 is 0 Å². The van der Waals surface area contributed by atoms with Gasteiger partial charge in [0, 0.05) is 30.9 Å². The minimum atomic E-state index is -0.380. The Bertz CT molecular complexity index is 1210. The Labute approximate surface area is 185 Å². The zero-order valence-corrected chi connectivity index (χ0v) is 18.0. The van der Waals surface area contributed by atoms with Crippen molar-refractivity contribution >= 4 is 28.4 Å². The zero-order valence-electron chi connectivity index (χ0n) is 18.0. The molecular formula is C24H26N4O4. The lowest BCUT2D eigenvalue weighted by Gasteiger charge is -2.31. The molecule has 2 aromatic carbocycles. The first kappa shape index (κ1) is 21.7. The average Bonchev–Trinajstić information content (AvgIpc) is 2.81. The molecule has 0 radical (unpaired) electrons. The van der Waals surface area contributed by atoms with Gasteiger partial charge in [-0.2, -0.15) is 0 Å². The summed E-state index contributed by atoms with van der Waals surface area (Å²) in [6, 6.07) is 12.2. The maximum Gasteiger partial charge on any atom is 0.261 e. The summed E-state index contributed by atoms with van der Waals surface area (Å²) in [6.45, 7) is 3.08. The number of aryl methyl sites for hydroxylation is 1. The van der Waals surface area contributed by atoms with E-state index in [0.29, 0.717) is 35.2 Å². The van der Waals surface area contributed by atoms with Crippen molar-refractivity contribution in [2.24, 2.45) is 5.92 Å². The molecule has 0 atom stereocenters. The van der Waals surface area contributed by atoms with E-state index in [-0.39, 0.29) is 36.4 Å². The Morgan fingerprint density at radius 2 is 1.91 bits per heavy atom. The third kappa shape index (κ3) is 4.55. The number of carbonyl (C=O) groups excluding carboxylic acids is 2. The zero-order chi connectivity index (χ0) is 22.7. The number of aliphatic hydroxyl groups is 1. The van der Waals surface area contributed by atoms with Gasteiger partial charge in [0.25, 0.3) is 11.5 Å². The summed E-state index contributed by atoms with van der Waals surface area (Å²) in [6.07, 6.45) is 2.95. The van der Waals surface area contributed by atoms with Gasteiger partial charge in [0.15, 0.2) is 0 Å². The highest BCUT2D eigenvalue weighted by atomic mass is 16.3. The Morgan fingerprint density at radius 3 is 2.66 bits per heavy atom. The molecular weight excluding hydrogens is 408 g/mol. The number of nitrogens with zero attached hydrogens (tertiary/aromatic N) is 3. The van der Waals surface area contributed by atoms with Crippen LogP contribution in [0.5, 0.6) is 0 Å². The van der Waals surface area contributed by atoms with Crippen LogP contribution in [-0.2, 0) is 11.3 Å². The molecule has 1 aromatic heterocycles. The second-order valence-corrected chi connectivity index (χ2v) is 8.20. The number of aliphatic hydroxyl groups excluding tert-OH is 1. The number of hydrogen-bond acceptors (Lipinski definition) is 5. The monoisotopic (exact) mass is 434 g/mol. The SMILES string of the molecule is Cc1cccc2c(=O)n(CC(=O)Nc3cccc(C(=O)N4CCC(CO)CC4)c3)cnc12. The first-order chi connectivity index (χ1) is 15.5. The molecule has 2 N–H and O–H groups in total. The van der Waals surface area contributed by atoms with Crippen molar-refractivity contribution in [2.45, 2.75) is 26.3 Å². The fraction of sp³-hybridized carbons (Fsp3) is 0.333. The molecule has 8 heteroatoms. The number of likely N-dealkylation sites (tertiary alicyclic amines) is 1. The molecule has 3 aromatic rings. The molecule has 0 spiro atoms. The molecule has 1 aliphatic rings. The normalized spacial score (nSPS) is 14.5. The third-order valence-corrected chi connectivity index (χ3v) is 5.92. The number of fused-ring (bicyclic) bond motifs is 1. The van der Waals surface area contributed by atoms with E-state index in [2.05, 4.69) is 10.3 Å². The van der Waals surface area contributed by atoms with Crippen molar-refractivity contribution in [2.75, 3.05) is 25.0 Å². The molecule has 166 valence electrons. The fourth-order valence-electron chi connectivity index (χ4n) is 4.04. The first-order valence-corrected chi connectivity index (χ1v) is 10.7. The molecule has 2 amide bonds. The number of piperidine rings is 1. The highest BCUT2D eigenvalue weighted by Crippen LogP contribution is 2.20. The highest BCUT2D eigenvalue weighted by Gasteiger charge is 2.23. The lowest BCUT2D eigenvalue weighted by atomic mass is 9.97. The van der Waals surface area contributed by atoms with Crippen molar-refractivity contribution < 1.29 is 14.7 Å². The molecule has 2 heterocycles. The maximum atomic E-state index is 12.8. The van der Waals surface area contributed by atoms with Crippen LogP contribution in [0.3, 0.4) is 0 Å². The fourth-order valence-corrected chi connectivity index (χ4v) is 4.04. The van der Waals surface area contributed by atoms with Crippen molar-refractivity contribution in [1.29, 1.82) is 0 Å². The number of hydrogen-bond donors (Lipinski definition) is 2. The summed E-state index contributed by atoms with van der Waals surface area (Å²) in [7, 11) is 0. The van der Waals surface area contributed by atoms with Crippen LogP contribution in [0.4, 0.5) is 5.69 Å². The topological polar surface area (TPSA) is 105 Å². The largest absolute Gasteiger partial charge is 0.396 e. The molecule has 0 bridgehead atoms. The number of aromatic nitrogens is 2. The predicted molar refractivity (Wildman–Crippen MR) is 122 cm³/mol. The van der Waals surface area contributed by atoms with Gasteiger partial charge in [-0.25, -0.2) is 4.98 Å². The van der Waals surface area contributed by atoms with E-state index in [0.717, 1.165) is 18.4 Å². The van der Waals surface area contributed by atoms with Gasteiger partial charge in [-0.15, -0.1) is 0 Å². The predicted octanol–water partition coefficient (Wildman–Crippen LogP) is 2.19. The van der Waals surface area contributed by atoms with E-state index in [1.165, 1.54) is 10.9 Å². The van der Waals surface area contributed by atoms with Crippen molar-refractivity contribution in [3.05, 3.63) is 70.3 Å². The average molecular weight is 434 g/mol. The number of nitrogens with one attached hydrogen (secondary N) is 1. The van der Waals surface area contributed by atoms with Crippen LogP contribution in [0, 0.1) is 12.8 Å². The Morgan fingerprint density at radius 1 is 1.16 bits per heavy atom. The molecule has 0 saturated carbocycles. The van der Waals surface area contributed by atoms with Crippen LogP contribution < -0.4 is 10.9 Å². The Balaban J connectivity index is 1.44. The summed E-state index contributed by atoms with van der Waals surface area (Å²) in [4.78, 5) is 44.2. The summed E-state index contributed by atoms with van der Waals surface area (Å²) >= 11 is 0. The van der Waals surface area contributed by atoms with Crippen LogP contribution in [-0.4, -0.2) is 51.1 Å². The first-order valence-electron chi connectivity index (χ1n) is 10.7. The van der Waals surface area contributed by atoms with E-state index in [9.17, 15) is 19.5 Å². The number of benzene rings is 2. The summed E-state index contributed by atoms with van der Waals surface area (Å²) < 4.78 is 1.28. The lowest BCUT2D eigenvalue weighted by Crippen LogP contribution is -2.39. The molecule has 4 rings (SSSR count). The van der Waals surface area contributed by atoms with E-state index >= 15 is 0 Å². The van der Waals surface area contributed by atoms with Crippen LogP contribution in [0.25, 0.3) is 10.9 Å². The number of rotatable bonds is 5. The van der Waals surface area contributed by atoms with Gasteiger partial charge in [-0.1, -0.05) is 18.2 Å². The molecule has 8 nitrogen and oxygen atoms in total. The Kier molecular flexibility index (Phi) is 6.32. The van der Waals surface area contributed by atoms with Gasteiger partial charge in [0.05, 0.1) is 17.2 Å². The number of amides is 2. The van der Waals surface area contributed by atoms with E-state index in [1.54, 1.807) is 41.3 Å².